The van der Waals surface area contributed by atoms with Gasteiger partial charge in [-0.15, -0.1) is 0 Å². The van der Waals surface area contributed by atoms with Crippen molar-refractivity contribution in [3.8, 4) is 0 Å². The molecule has 1 aromatic heterocycles. The van der Waals surface area contributed by atoms with E-state index < -0.39 is 17.4 Å². The summed E-state index contributed by atoms with van der Waals surface area (Å²) in [7, 11) is 0. The zero-order chi connectivity index (χ0) is 18.5. The Morgan fingerprint density at radius 1 is 1.19 bits per heavy atom. The van der Waals surface area contributed by atoms with Crippen LogP contribution in [0.1, 0.15) is 47.7 Å². The van der Waals surface area contributed by atoms with Crippen molar-refractivity contribution in [2.45, 2.75) is 37.2 Å². The largest absolute Gasteiger partial charge is 0.479 e. The smallest absolute Gasteiger partial charge is 0.335 e. The fourth-order valence-corrected chi connectivity index (χ4v) is 3.45. The molecule has 1 aliphatic heterocycles. The van der Waals surface area contributed by atoms with Gasteiger partial charge in [0.25, 0.3) is 5.91 Å². The molecule has 2 fully saturated rings. The lowest BCUT2D eigenvalue weighted by Gasteiger charge is -2.35. The van der Waals surface area contributed by atoms with Crippen molar-refractivity contribution in [2.24, 2.45) is 0 Å². The Labute approximate surface area is 149 Å². The first-order chi connectivity index (χ1) is 12.4. The molecular weight excluding hydrogens is 339 g/mol. The third kappa shape index (κ3) is 2.92. The fraction of sp³-hybridized carbons (Fsp3) is 0.421. The van der Waals surface area contributed by atoms with E-state index in [0.717, 1.165) is 18.5 Å². The van der Waals surface area contributed by atoms with Crippen molar-refractivity contribution in [1.29, 1.82) is 0 Å². The predicted octanol–water partition coefficient (Wildman–Crippen LogP) is 2.30. The zero-order valence-electron chi connectivity index (χ0n) is 14.1. The summed E-state index contributed by atoms with van der Waals surface area (Å²) in [6, 6.07) is 5.95. The number of carboxylic acids is 1. The quantitative estimate of drug-likeness (QED) is 0.879. The van der Waals surface area contributed by atoms with E-state index in [0.29, 0.717) is 22.4 Å². The lowest BCUT2D eigenvalue weighted by Crippen LogP contribution is -2.50. The van der Waals surface area contributed by atoms with Crippen LogP contribution in [0.4, 0.5) is 4.39 Å². The first-order valence-electron chi connectivity index (χ1n) is 8.73. The Morgan fingerprint density at radius 2 is 1.88 bits per heavy atom. The summed E-state index contributed by atoms with van der Waals surface area (Å²) in [6.45, 7) is 0.277. The highest BCUT2D eigenvalue weighted by Crippen LogP contribution is 2.40. The van der Waals surface area contributed by atoms with E-state index in [1.807, 2.05) is 0 Å². The Morgan fingerprint density at radius 3 is 2.50 bits per heavy atom. The first kappa shape index (κ1) is 16.9. The molecule has 7 heteroatoms. The first-order valence-corrected chi connectivity index (χ1v) is 8.73. The number of hydrogen-bond acceptors (Lipinski definition) is 4. The third-order valence-corrected chi connectivity index (χ3v) is 5.29. The molecule has 4 rings (SSSR count). The molecule has 2 aliphatic rings. The van der Waals surface area contributed by atoms with Crippen LogP contribution in [0, 0.1) is 5.82 Å². The second-order valence-electron chi connectivity index (χ2n) is 7.16. The fourth-order valence-electron chi connectivity index (χ4n) is 3.45. The van der Waals surface area contributed by atoms with Gasteiger partial charge in [-0.25, -0.2) is 9.18 Å². The topological polar surface area (TPSA) is 90.7 Å². The van der Waals surface area contributed by atoms with Gasteiger partial charge in [0.1, 0.15) is 5.82 Å². The van der Waals surface area contributed by atoms with Gasteiger partial charge in [-0.1, -0.05) is 0 Å². The standard InChI is InChI=1S/C19H19FN2O4/c20-12-3-4-15-13(9-12)14(10-16(21-15)11-1-2-11)17(23)22-7-5-19(26,6-8-22)18(24)25/h3-4,9-11,26H,1-2,5-8H2,(H,24,25). The molecule has 0 bridgehead atoms. The number of aliphatic carboxylic acids is 1. The molecular formula is C19H19FN2O4. The lowest BCUT2D eigenvalue weighted by molar-refractivity contribution is -0.162. The van der Waals surface area contributed by atoms with Gasteiger partial charge in [-0.3, -0.25) is 9.78 Å². The number of nitrogens with zero attached hydrogens (tertiary/aromatic N) is 2. The normalized spacial score (nSPS) is 19.5. The Hall–Kier alpha value is -2.54. The summed E-state index contributed by atoms with van der Waals surface area (Å²) in [5.74, 6) is -1.64. The van der Waals surface area contributed by atoms with Crippen molar-refractivity contribution in [1.82, 2.24) is 9.88 Å². The number of carbonyl (C=O) groups is 2. The summed E-state index contributed by atoms with van der Waals surface area (Å²) >= 11 is 0. The number of carbonyl (C=O) groups excluding carboxylic acids is 1. The van der Waals surface area contributed by atoms with Crippen LogP contribution in [0.25, 0.3) is 10.9 Å². The molecule has 1 saturated carbocycles. The molecule has 2 aromatic rings. The van der Waals surface area contributed by atoms with Crippen LogP contribution in [0.3, 0.4) is 0 Å². The maximum absolute atomic E-state index is 13.7. The predicted molar refractivity (Wildman–Crippen MR) is 91.4 cm³/mol. The van der Waals surface area contributed by atoms with E-state index in [-0.39, 0.29) is 31.8 Å². The summed E-state index contributed by atoms with van der Waals surface area (Å²) in [4.78, 5) is 30.3. The van der Waals surface area contributed by atoms with Crippen LogP contribution in [-0.4, -0.2) is 50.7 Å². The number of halogens is 1. The number of hydrogen-bond donors (Lipinski definition) is 2. The molecule has 0 radical (unpaired) electrons. The summed E-state index contributed by atoms with van der Waals surface area (Å²) in [6.07, 6.45) is 2.01. The Balaban J connectivity index is 1.68. The van der Waals surface area contributed by atoms with E-state index in [4.69, 9.17) is 5.11 Å². The molecule has 1 saturated heterocycles. The molecule has 0 spiro atoms. The number of pyridine rings is 1. The minimum absolute atomic E-state index is 0.0269. The number of aromatic nitrogens is 1. The molecule has 0 atom stereocenters. The molecule has 1 amide bonds. The Bertz CT molecular complexity index is 902. The van der Waals surface area contributed by atoms with Gasteiger partial charge in [0.15, 0.2) is 5.60 Å². The highest BCUT2D eigenvalue weighted by Gasteiger charge is 2.41. The minimum Gasteiger partial charge on any atom is -0.479 e. The number of likely N-dealkylation sites (tertiary alicyclic amines) is 1. The van der Waals surface area contributed by atoms with Crippen LogP contribution in [0.2, 0.25) is 0 Å². The summed E-state index contributed by atoms with van der Waals surface area (Å²) in [5, 5.41) is 19.6. The summed E-state index contributed by atoms with van der Waals surface area (Å²) in [5.41, 5.74) is 0.0180. The van der Waals surface area contributed by atoms with E-state index >= 15 is 0 Å². The molecule has 1 aliphatic carbocycles. The van der Waals surface area contributed by atoms with Gasteiger partial charge in [0.2, 0.25) is 0 Å². The molecule has 2 heterocycles. The van der Waals surface area contributed by atoms with Gasteiger partial charge in [0.05, 0.1) is 11.1 Å². The van der Waals surface area contributed by atoms with Crippen molar-refractivity contribution < 1.29 is 24.2 Å². The van der Waals surface area contributed by atoms with Gasteiger partial charge in [-0.2, -0.15) is 0 Å². The van der Waals surface area contributed by atoms with Crippen LogP contribution in [0.5, 0.6) is 0 Å². The van der Waals surface area contributed by atoms with Crippen LogP contribution in [0.15, 0.2) is 24.3 Å². The number of amides is 1. The highest BCUT2D eigenvalue weighted by atomic mass is 19.1. The van der Waals surface area contributed by atoms with Gasteiger partial charge >= 0.3 is 5.97 Å². The second-order valence-corrected chi connectivity index (χ2v) is 7.16. The van der Waals surface area contributed by atoms with Gasteiger partial charge in [0, 0.05) is 42.9 Å². The van der Waals surface area contributed by atoms with E-state index in [1.165, 1.54) is 17.0 Å². The third-order valence-electron chi connectivity index (χ3n) is 5.29. The molecule has 2 N–H and O–H groups in total. The number of benzene rings is 1. The average Bonchev–Trinajstić information content (AvgIpc) is 3.46. The van der Waals surface area contributed by atoms with Crippen molar-refractivity contribution in [3.05, 3.63) is 41.3 Å². The molecule has 1 aromatic carbocycles. The molecule has 136 valence electrons. The lowest BCUT2D eigenvalue weighted by atomic mass is 9.91. The van der Waals surface area contributed by atoms with Crippen LogP contribution >= 0.6 is 0 Å². The number of rotatable bonds is 3. The van der Waals surface area contributed by atoms with Gasteiger partial charge in [-0.05, 0) is 37.1 Å². The molecule has 26 heavy (non-hydrogen) atoms. The average molecular weight is 358 g/mol. The number of fused-ring (bicyclic) bond motifs is 1. The van der Waals surface area contributed by atoms with Gasteiger partial charge < -0.3 is 15.1 Å². The Kier molecular flexibility index (Phi) is 3.91. The van der Waals surface area contributed by atoms with E-state index in [9.17, 15) is 19.1 Å². The minimum atomic E-state index is -1.79. The van der Waals surface area contributed by atoms with E-state index in [1.54, 1.807) is 12.1 Å². The van der Waals surface area contributed by atoms with Crippen molar-refractivity contribution >= 4 is 22.8 Å². The second kappa shape index (κ2) is 6.02. The van der Waals surface area contributed by atoms with Crippen molar-refractivity contribution in [2.75, 3.05) is 13.1 Å². The maximum atomic E-state index is 13.7. The number of carboxylic acid groups (broad SMARTS) is 1. The van der Waals surface area contributed by atoms with Crippen molar-refractivity contribution in [3.63, 3.8) is 0 Å². The number of aliphatic hydroxyl groups is 1. The molecule has 0 unspecified atom stereocenters. The summed E-state index contributed by atoms with van der Waals surface area (Å²) < 4.78 is 13.7. The number of piperidine rings is 1. The SMILES string of the molecule is O=C(c1cc(C2CC2)nc2ccc(F)cc12)N1CCC(O)(C(=O)O)CC1. The van der Waals surface area contributed by atoms with E-state index in [2.05, 4.69) is 4.98 Å². The molecule has 6 nitrogen and oxygen atoms in total. The highest BCUT2D eigenvalue weighted by molar-refractivity contribution is 6.06. The van der Waals surface area contributed by atoms with Crippen LogP contribution < -0.4 is 0 Å². The maximum Gasteiger partial charge on any atom is 0.335 e. The zero-order valence-corrected chi connectivity index (χ0v) is 14.1. The monoisotopic (exact) mass is 358 g/mol. The van der Waals surface area contributed by atoms with Crippen LogP contribution in [-0.2, 0) is 4.79 Å².